The number of fused-ring (bicyclic) bond motifs is 1. The molecule has 1 aliphatic heterocycles. The minimum Gasteiger partial charge on any atom is -0.369 e. The molecule has 0 spiro atoms. The van der Waals surface area contributed by atoms with Gasteiger partial charge in [-0.15, -0.1) is 11.3 Å². The van der Waals surface area contributed by atoms with Crippen LogP contribution in [0.5, 0.6) is 0 Å². The number of benzene rings is 1. The highest BCUT2D eigenvalue weighted by atomic mass is 35.5. The first-order valence-corrected chi connectivity index (χ1v) is 13.1. The molecule has 0 bridgehead atoms. The first-order chi connectivity index (χ1) is 15.8. The Morgan fingerprint density at radius 2 is 1.94 bits per heavy atom. The highest BCUT2D eigenvalue weighted by Gasteiger charge is 2.34. The van der Waals surface area contributed by atoms with Gasteiger partial charge >= 0.3 is 0 Å². The lowest BCUT2D eigenvalue weighted by Gasteiger charge is -2.36. The third-order valence-corrected chi connectivity index (χ3v) is 9.00. The van der Waals surface area contributed by atoms with Crippen LogP contribution in [0, 0.1) is 22.7 Å². The van der Waals surface area contributed by atoms with Gasteiger partial charge < -0.3 is 10.2 Å². The summed E-state index contributed by atoms with van der Waals surface area (Å²) in [6.45, 7) is 10.7. The zero-order valence-corrected chi connectivity index (χ0v) is 21.4. The van der Waals surface area contributed by atoms with Gasteiger partial charge in [-0.3, -0.25) is 9.69 Å². The predicted molar refractivity (Wildman–Crippen MR) is 137 cm³/mol. The molecule has 2 aliphatic rings. The molecule has 1 unspecified atom stereocenters. The van der Waals surface area contributed by atoms with Crippen molar-refractivity contribution >= 4 is 39.5 Å². The summed E-state index contributed by atoms with van der Waals surface area (Å²) in [5, 5.41) is 14.4. The van der Waals surface area contributed by atoms with E-state index in [4.69, 9.17) is 11.6 Å². The molecule has 1 fully saturated rings. The lowest BCUT2D eigenvalue weighted by atomic mass is 9.69. The molecular weight excluding hydrogens is 452 g/mol. The van der Waals surface area contributed by atoms with Crippen LogP contribution in [0.3, 0.4) is 0 Å². The minimum atomic E-state index is -0.0320. The number of halogens is 1. The second kappa shape index (κ2) is 10.0. The van der Waals surface area contributed by atoms with Crippen molar-refractivity contribution in [2.45, 2.75) is 46.5 Å². The van der Waals surface area contributed by atoms with Gasteiger partial charge in [0.15, 0.2) is 0 Å². The van der Waals surface area contributed by atoms with E-state index in [0.29, 0.717) is 23.4 Å². The molecule has 2 heterocycles. The lowest BCUT2D eigenvalue weighted by Crippen LogP contribution is -2.48. The number of carbonyl (C=O) groups is 1. The monoisotopic (exact) mass is 484 g/mol. The molecule has 2 aromatic rings. The van der Waals surface area contributed by atoms with Gasteiger partial charge in [0.2, 0.25) is 5.91 Å². The maximum Gasteiger partial charge on any atom is 0.239 e. The fourth-order valence-corrected chi connectivity index (χ4v) is 6.35. The number of hydrogen-bond donors (Lipinski definition) is 1. The Hall–Kier alpha value is -2.07. The highest BCUT2D eigenvalue weighted by molar-refractivity contribution is 7.16. The second-order valence-corrected chi connectivity index (χ2v) is 11.4. The van der Waals surface area contributed by atoms with Crippen LogP contribution in [0.15, 0.2) is 24.3 Å². The van der Waals surface area contributed by atoms with E-state index in [1.807, 2.05) is 24.3 Å². The van der Waals surface area contributed by atoms with Crippen molar-refractivity contribution in [1.29, 1.82) is 5.26 Å². The molecular formula is C26H33ClN4OS. The molecule has 0 saturated carbocycles. The predicted octanol–water partition coefficient (Wildman–Crippen LogP) is 5.57. The normalized spacial score (nSPS) is 19.1. The zero-order chi connectivity index (χ0) is 23.6. The topological polar surface area (TPSA) is 59.4 Å². The van der Waals surface area contributed by atoms with Crippen molar-refractivity contribution in [1.82, 2.24) is 4.90 Å². The summed E-state index contributed by atoms with van der Waals surface area (Å²) in [6, 6.07) is 10.3. The van der Waals surface area contributed by atoms with Crippen LogP contribution < -0.4 is 10.2 Å². The molecule has 5 nitrogen and oxygen atoms in total. The summed E-state index contributed by atoms with van der Waals surface area (Å²) in [5.41, 5.74) is 3.31. The molecule has 176 valence electrons. The Bertz CT molecular complexity index is 1030. The molecule has 1 aromatic carbocycles. The number of anilines is 2. The number of nitrogens with zero attached hydrogens (tertiary/aromatic N) is 3. The van der Waals surface area contributed by atoms with Crippen LogP contribution in [0.25, 0.3) is 0 Å². The average Bonchev–Trinajstić information content (AvgIpc) is 3.16. The van der Waals surface area contributed by atoms with E-state index in [-0.39, 0.29) is 5.91 Å². The van der Waals surface area contributed by atoms with Crippen molar-refractivity contribution in [3.8, 4) is 6.07 Å². The van der Waals surface area contributed by atoms with Crippen molar-refractivity contribution in [3.63, 3.8) is 0 Å². The Morgan fingerprint density at radius 1 is 1.24 bits per heavy atom. The van der Waals surface area contributed by atoms with Gasteiger partial charge in [-0.05, 0) is 60.4 Å². The second-order valence-electron chi connectivity index (χ2n) is 9.89. The average molecular weight is 485 g/mol. The molecule has 0 radical (unpaired) electrons. The molecule has 33 heavy (non-hydrogen) atoms. The van der Waals surface area contributed by atoms with E-state index < -0.39 is 0 Å². The van der Waals surface area contributed by atoms with Gasteiger partial charge in [0.05, 0.1) is 12.1 Å². The Kier molecular flexibility index (Phi) is 7.33. The lowest BCUT2D eigenvalue weighted by molar-refractivity contribution is -0.117. The van der Waals surface area contributed by atoms with Gasteiger partial charge in [-0.25, -0.2) is 0 Å². The number of thiophene rings is 1. The summed E-state index contributed by atoms with van der Waals surface area (Å²) in [5.74, 6) is 0.594. The van der Waals surface area contributed by atoms with Crippen molar-refractivity contribution in [2.75, 3.05) is 42.9 Å². The molecule has 1 atom stereocenters. The van der Waals surface area contributed by atoms with Crippen LogP contribution in [-0.4, -0.2) is 43.5 Å². The number of piperazine rings is 1. The van der Waals surface area contributed by atoms with Crippen LogP contribution in [0.2, 0.25) is 5.02 Å². The third kappa shape index (κ3) is 5.37. The smallest absolute Gasteiger partial charge is 0.239 e. The summed E-state index contributed by atoms with van der Waals surface area (Å²) < 4.78 is 0. The standard InChI is InChI=1S/C26H33ClN4OS/c1-4-26(2,3)18-5-10-21-22(16-28)25(33-23(21)15-18)29-24(32)17-30-11-13-31(14-12-30)20-8-6-19(27)7-9-20/h6-9,18H,4-5,10-15,17H2,1-3H3,(H,29,32). The van der Waals surface area contributed by atoms with Gasteiger partial charge in [0.25, 0.3) is 0 Å². The maximum atomic E-state index is 12.8. The van der Waals surface area contributed by atoms with E-state index in [1.165, 1.54) is 4.88 Å². The van der Waals surface area contributed by atoms with Crippen molar-refractivity contribution in [3.05, 3.63) is 45.3 Å². The summed E-state index contributed by atoms with van der Waals surface area (Å²) in [4.78, 5) is 18.6. The fourth-order valence-electron chi connectivity index (χ4n) is 4.93. The molecule has 1 amide bonds. The molecule has 1 N–H and O–H groups in total. The number of hydrogen-bond acceptors (Lipinski definition) is 5. The van der Waals surface area contributed by atoms with Crippen LogP contribution in [0.1, 0.15) is 49.6 Å². The van der Waals surface area contributed by atoms with E-state index in [2.05, 4.69) is 42.0 Å². The van der Waals surface area contributed by atoms with Crippen LogP contribution in [0.4, 0.5) is 10.7 Å². The number of amides is 1. The van der Waals surface area contributed by atoms with E-state index in [1.54, 1.807) is 11.3 Å². The molecule has 1 aromatic heterocycles. The molecule has 1 aliphatic carbocycles. The molecule has 4 rings (SSSR count). The van der Waals surface area contributed by atoms with E-state index in [9.17, 15) is 10.1 Å². The largest absolute Gasteiger partial charge is 0.369 e. The number of carbonyl (C=O) groups excluding carboxylic acids is 1. The quantitative estimate of drug-likeness (QED) is 0.581. The number of rotatable bonds is 6. The number of nitrogens with one attached hydrogen (secondary N) is 1. The van der Waals surface area contributed by atoms with Gasteiger partial charge in [0.1, 0.15) is 11.1 Å². The van der Waals surface area contributed by atoms with Gasteiger partial charge in [-0.2, -0.15) is 5.26 Å². The SMILES string of the molecule is CCC(C)(C)C1CCc2c(sc(NC(=O)CN3CCN(c4ccc(Cl)cc4)CC3)c2C#N)C1. The Balaban J connectivity index is 1.35. The highest BCUT2D eigenvalue weighted by Crippen LogP contribution is 2.45. The Labute approximate surface area is 206 Å². The summed E-state index contributed by atoms with van der Waals surface area (Å²) in [6.07, 6.45) is 4.21. The van der Waals surface area contributed by atoms with E-state index >= 15 is 0 Å². The molecule has 1 saturated heterocycles. The molecule has 7 heteroatoms. The van der Waals surface area contributed by atoms with Crippen LogP contribution in [-0.2, 0) is 17.6 Å². The third-order valence-electron chi connectivity index (χ3n) is 7.58. The van der Waals surface area contributed by atoms with Crippen LogP contribution >= 0.6 is 22.9 Å². The first-order valence-electron chi connectivity index (χ1n) is 11.9. The van der Waals surface area contributed by atoms with Gasteiger partial charge in [0, 0.05) is 41.8 Å². The van der Waals surface area contributed by atoms with E-state index in [0.717, 1.165) is 73.1 Å². The van der Waals surface area contributed by atoms with Gasteiger partial charge in [-0.1, -0.05) is 38.8 Å². The Morgan fingerprint density at radius 3 is 2.58 bits per heavy atom. The first kappa shape index (κ1) is 24.1. The zero-order valence-electron chi connectivity index (χ0n) is 19.8. The van der Waals surface area contributed by atoms with Crippen molar-refractivity contribution in [2.24, 2.45) is 11.3 Å². The number of nitriles is 1. The minimum absolute atomic E-state index is 0.0320. The summed E-state index contributed by atoms with van der Waals surface area (Å²) >= 11 is 7.61. The van der Waals surface area contributed by atoms with Crippen molar-refractivity contribution < 1.29 is 4.79 Å². The fraction of sp³-hybridized carbons (Fsp3) is 0.538. The summed E-state index contributed by atoms with van der Waals surface area (Å²) in [7, 11) is 0. The maximum absolute atomic E-state index is 12.8.